The molecule has 1 saturated heterocycles. The molecule has 14 heavy (non-hydrogen) atoms. The van der Waals surface area contributed by atoms with Crippen molar-refractivity contribution in [2.24, 2.45) is 17.3 Å². The number of hydrogen-bond donors (Lipinski definition) is 1. The van der Waals surface area contributed by atoms with E-state index in [0.29, 0.717) is 5.41 Å². The summed E-state index contributed by atoms with van der Waals surface area (Å²) in [7, 11) is 0. The first-order chi connectivity index (χ1) is 6.69. The summed E-state index contributed by atoms with van der Waals surface area (Å²) in [5.41, 5.74) is 0.408. The van der Waals surface area contributed by atoms with E-state index in [2.05, 4.69) is 0 Å². The van der Waals surface area contributed by atoms with Gasteiger partial charge in [0.2, 0.25) is 0 Å². The third-order valence-corrected chi connectivity index (χ3v) is 4.35. The van der Waals surface area contributed by atoms with Crippen LogP contribution in [0.5, 0.6) is 0 Å². The van der Waals surface area contributed by atoms with E-state index >= 15 is 0 Å². The van der Waals surface area contributed by atoms with E-state index in [0.717, 1.165) is 24.9 Å². The topological polar surface area (TPSA) is 40.5 Å². The van der Waals surface area contributed by atoms with Crippen LogP contribution in [0, 0.1) is 17.3 Å². The smallest absolute Gasteiger partial charge is 0.407 e. The molecule has 3 fully saturated rings. The predicted octanol–water partition coefficient (Wildman–Crippen LogP) is 2.18. The lowest BCUT2D eigenvalue weighted by atomic mass is 9.77. The second kappa shape index (κ2) is 2.65. The van der Waals surface area contributed by atoms with Gasteiger partial charge in [0.25, 0.3) is 0 Å². The average molecular weight is 195 g/mol. The number of hydrogen-bond acceptors (Lipinski definition) is 1. The van der Waals surface area contributed by atoms with Gasteiger partial charge < -0.3 is 10.0 Å². The Labute approximate surface area is 84.1 Å². The highest BCUT2D eigenvalue weighted by molar-refractivity contribution is 5.66. The van der Waals surface area contributed by atoms with Crippen LogP contribution in [0.2, 0.25) is 0 Å². The van der Waals surface area contributed by atoms with Gasteiger partial charge in [-0.15, -0.1) is 0 Å². The van der Waals surface area contributed by atoms with E-state index in [4.69, 9.17) is 5.11 Å². The van der Waals surface area contributed by atoms with Gasteiger partial charge in [-0.3, -0.25) is 0 Å². The van der Waals surface area contributed by atoms with Crippen molar-refractivity contribution in [3.8, 4) is 0 Å². The summed E-state index contributed by atoms with van der Waals surface area (Å²) in [6.07, 6.45) is 6.08. The Bertz CT molecular complexity index is 266. The Morgan fingerprint density at radius 1 is 1.21 bits per heavy atom. The molecule has 1 amide bonds. The van der Waals surface area contributed by atoms with Crippen LogP contribution < -0.4 is 0 Å². The maximum Gasteiger partial charge on any atom is 0.407 e. The molecule has 1 atom stereocenters. The van der Waals surface area contributed by atoms with Gasteiger partial charge in [0.15, 0.2) is 0 Å². The molecule has 3 aliphatic rings. The fraction of sp³-hybridized carbons (Fsp3) is 0.909. The van der Waals surface area contributed by atoms with Crippen molar-refractivity contribution in [1.82, 2.24) is 4.90 Å². The molecule has 2 aliphatic carbocycles. The lowest BCUT2D eigenvalue weighted by Gasteiger charge is -2.46. The normalized spacial score (nSPS) is 34.6. The van der Waals surface area contributed by atoms with E-state index in [9.17, 15) is 4.79 Å². The SMILES string of the molecule is O=C(O)N1CC2(CCC(C3CC3)C2)C1. The van der Waals surface area contributed by atoms with Crippen LogP contribution in [0.4, 0.5) is 4.79 Å². The van der Waals surface area contributed by atoms with Gasteiger partial charge in [-0.2, -0.15) is 0 Å². The highest BCUT2D eigenvalue weighted by Gasteiger charge is 2.52. The maximum atomic E-state index is 10.7. The minimum absolute atomic E-state index is 0.408. The monoisotopic (exact) mass is 195 g/mol. The number of rotatable bonds is 1. The van der Waals surface area contributed by atoms with Crippen LogP contribution in [0.1, 0.15) is 32.1 Å². The molecule has 0 aromatic carbocycles. The zero-order valence-corrected chi connectivity index (χ0v) is 8.41. The van der Waals surface area contributed by atoms with Crippen molar-refractivity contribution >= 4 is 6.09 Å². The van der Waals surface area contributed by atoms with Gasteiger partial charge in [-0.25, -0.2) is 4.79 Å². The molecule has 2 saturated carbocycles. The predicted molar refractivity (Wildman–Crippen MR) is 52.1 cm³/mol. The number of carbonyl (C=O) groups is 1. The van der Waals surface area contributed by atoms with Crippen molar-refractivity contribution in [3.05, 3.63) is 0 Å². The first kappa shape index (κ1) is 8.57. The minimum Gasteiger partial charge on any atom is -0.465 e. The van der Waals surface area contributed by atoms with Crippen molar-refractivity contribution in [3.63, 3.8) is 0 Å². The molecule has 0 aromatic rings. The summed E-state index contributed by atoms with van der Waals surface area (Å²) < 4.78 is 0. The number of amides is 1. The van der Waals surface area contributed by atoms with Gasteiger partial charge >= 0.3 is 6.09 Å². The quantitative estimate of drug-likeness (QED) is 0.696. The van der Waals surface area contributed by atoms with Crippen molar-refractivity contribution < 1.29 is 9.90 Å². The van der Waals surface area contributed by atoms with Gasteiger partial charge in [-0.1, -0.05) is 0 Å². The van der Waals surface area contributed by atoms with Gasteiger partial charge in [0, 0.05) is 18.5 Å². The molecule has 1 spiro atoms. The molecule has 0 bridgehead atoms. The summed E-state index contributed by atoms with van der Waals surface area (Å²) in [5, 5.41) is 8.79. The van der Waals surface area contributed by atoms with E-state index in [1.54, 1.807) is 4.90 Å². The average Bonchev–Trinajstić information content (AvgIpc) is 2.81. The molecule has 1 aliphatic heterocycles. The zero-order chi connectivity index (χ0) is 9.76. The second-order valence-electron chi connectivity index (χ2n) is 5.48. The van der Waals surface area contributed by atoms with Crippen LogP contribution in [0.25, 0.3) is 0 Å². The van der Waals surface area contributed by atoms with Crippen molar-refractivity contribution in [1.29, 1.82) is 0 Å². The van der Waals surface area contributed by atoms with E-state index in [1.165, 1.54) is 32.1 Å². The molecule has 78 valence electrons. The summed E-state index contributed by atoms with van der Waals surface area (Å²) in [6, 6.07) is 0. The van der Waals surface area contributed by atoms with Gasteiger partial charge in [-0.05, 0) is 43.9 Å². The Kier molecular flexibility index (Phi) is 1.62. The Hall–Kier alpha value is -0.730. The third kappa shape index (κ3) is 1.22. The fourth-order valence-corrected chi connectivity index (χ4v) is 3.41. The van der Waals surface area contributed by atoms with Crippen LogP contribution in [0.15, 0.2) is 0 Å². The molecular formula is C11H17NO2. The molecular weight excluding hydrogens is 178 g/mol. The lowest BCUT2D eigenvalue weighted by Crippen LogP contribution is -2.56. The molecule has 3 heteroatoms. The second-order valence-corrected chi connectivity index (χ2v) is 5.48. The molecule has 3 rings (SSSR count). The maximum absolute atomic E-state index is 10.7. The van der Waals surface area contributed by atoms with Gasteiger partial charge in [0.1, 0.15) is 0 Å². The van der Waals surface area contributed by atoms with Crippen LogP contribution in [-0.4, -0.2) is 29.2 Å². The van der Waals surface area contributed by atoms with Gasteiger partial charge in [0.05, 0.1) is 0 Å². The van der Waals surface area contributed by atoms with E-state index in [1.807, 2.05) is 0 Å². The van der Waals surface area contributed by atoms with E-state index < -0.39 is 6.09 Å². The highest BCUT2D eigenvalue weighted by atomic mass is 16.4. The standard InChI is InChI=1S/C11H17NO2/c13-10(14)12-6-11(7-12)4-3-9(5-11)8-1-2-8/h8-9H,1-7H2,(H,13,14). The van der Waals surface area contributed by atoms with Crippen LogP contribution >= 0.6 is 0 Å². The van der Waals surface area contributed by atoms with Crippen molar-refractivity contribution in [2.45, 2.75) is 32.1 Å². The molecule has 1 unspecified atom stereocenters. The highest BCUT2D eigenvalue weighted by Crippen LogP contribution is 2.54. The summed E-state index contributed by atoms with van der Waals surface area (Å²) in [4.78, 5) is 12.2. The molecule has 0 aromatic heterocycles. The molecule has 1 heterocycles. The molecule has 0 radical (unpaired) electrons. The fourth-order valence-electron chi connectivity index (χ4n) is 3.41. The summed E-state index contributed by atoms with van der Waals surface area (Å²) in [5.74, 6) is 1.94. The number of carboxylic acid groups (broad SMARTS) is 1. The summed E-state index contributed by atoms with van der Waals surface area (Å²) in [6.45, 7) is 1.62. The molecule has 3 nitrogen and oxygen atoms in total. The number of nitrogens with zero attached hydrogens (tertiary/aromatic N) is 1. The van der Waals surface area contributed by atoms with Crippen molar-refractivity contribution in [2.75, 3.05) is 13.1 Å². The van der Waals surface area contributed by atoms with Crippen LogP contribution in [-0.2, 0) is 0 Å². The first-order valence-corrected chi connectivity index (χ1v) is 5.66. The van der Waals surface area contributed by atoms with Crippen LogP contribution in [0.3, 0.4) is 0 Å². The summed E-state index contributed by atoms with van der Waals surface area (Å²) >= 11 is 0. The minimum atomic E-state index is -0.731. The zero-order valence-electron chi connectivity index (χ0n) is 8.41. The number of likely N-dealkylation sites (tertiary alicyclic amines) is 1. The Morgan fingerprint density at radius 3 is 2.50 bits per heavy atom. The Morgan fingerprint density at radius 2 is 1.93 bits per heavy atom. The first-order valence-electron chi connectivity index (χ1n) is 5.66. The Balaban J connectivity index is 1.58. The lowest BCUT2D eigenvalue weighted by molar-refractivity contribution is 0.0117. The largest absolute Gasteiger partial charge is 0.465 e. The molecule has 1 N–H and O–H groups in total. The van der Waals surface area contributed by atoms with E-state index in [-0.39, 0.29) is 0 Å². The third-order valence-electron chi connectivity index (χ3n) is 4.35.